The van der Waals surface area contributed by atoms with E-state index >= 15 is 0 Å². The Labute approximate surface area is 85.1 Å². The van der Waals surface area contributed by atoms with E-state index in [1.165, 1.54) is 0 Å². The summed E-state index contributed by atoms with van der Waals surface area (Å²) in [4.78, 5) is 11.9. The van der Waals surface area contributed by atoms with E-state index in [1.54, 1.807) is 13.4 Å². The third-order valence-electron chi connectivity index (χ3n) is 2.37. The number of methoxy groups -OCH3 is 1. The zero-order valence-corrected chi connectivity index (χ0v) is 9.08. The summed E-state index contributed by atoms with van der Waals surface area (Å²) in [5, 5.41) is 0. The lowest BCUT2D eigenvalue weighted by Crippen LogP contribution is -2.30. The second-order valence-corrected chi connectivity index (χ2v) is 3.88. The van der Waals surface area contributed by atoms with Gasteiger partial charge in [0.15, 0.2) is 5.78 Å². The molecule has 0 saturated carbocycles. The number of carbonyl (C=O) groups excluding carboxylic acids is 1. The van der Waals surface area contributed by atoms with Crippen LogP contribution in [0, 0.1) is 5.92 Å². The molecule has 1 unspecified atom stereocenters. The third kappa shape index (κ3) is 2.58. The Balaban J connectivity index is 2.66. The normalized spacial score (nSPS) is 18.7. The average Bonchev–Trinajstić information content (AvgIpc) is 2.19. The zero-order chi connectivity index (χ0) is 10.6. The van der Waals surface area contributed by atoms with E-state index in [0.717, 1.165) is 25.0 Å². The number of carbonyl (C=O) groups is 1. The van der Waals surface area contributed by atoms with Crippen LogP contribution >= 0.6 is 0 Å². The highest BCUT2D eigenvalue weighted by molar-refractivity contribution is 5.98. The third-order valence-corrected chi connectivity index (χ3v) is 2.37. The first kappa shape index (κ1) is 11.2. The molecular weight excluding hydrogens is 180 g/mol. The minimum absolute atomic E-state index is 0.0715. The molecule has 1 rings (SSSR count). The molecule has 14 heavy (non-hydrogen) atoms. The Kier molecular flexibility index (Phi) is 4.14. The van der Waals surface area contributed by atoms with Gasteiger partial charge in [-0.1, -0.05) is 13.8 Å². The van der Waals surface area contributed by atoms with Crippen LogP contribution in [-0.2, 0) is 14.3 Å². The van der Waals surface area contributed by atoms with Gasteiger partial charge in [0.05, 0.1) is 12.9 Å². The van der Waals surface area contributed by atoms with Gasteiger partial charge < -0.3 is 9.47 Å². The van der Waals surface area contributed by atoms with Crippen molar-refractivity contribution in [2.45, 2.75) is 32.8 Å². The maximum Gasteiger partial charge on any atom is 0.190 e. The van der Waals surface area contributed by atoms with Crippen molar-refractivity contribution in [3.05, 3.63) is 11.8 Å². The monoisotopic (exact) mass is 198 g/mol. The minimum atomic E-state index is -0.331. The lowest BCUT2D eigenvalue weighted by atomic mass is 9.95. The predicted octanol–water partition coefficient (Wildman–Crippen LogP) is 1.92. The molecule has 1 heterocycles. The topological polar surface area (TPSA) is 35.5 Å². The number of hydrogen-bond donors (Lipinski definition) is 0. The molecule has 1 atom stereocenters. The molecule has 0 N–H and O–H groups in total. The molecule has 3 nitrogen and oxygen atoms in total. The Morgan fingerprint density at radius 2 is 2.29 bits per heavy atom. The maximum atomic E-state index is 11.9. The molecule has 0 saturated heterocycles. The number of Topliss-reactive ketones (excluding diaryl/α,β-unsaturated/α-hetero) is 1. The molecule has 0 spiro atoms. The van der Waals surface area contributed by atoms with Crippen LogP contribution in [0.1, 0.15) is 26.7 Å². The van der Waals surface area contributed by atoms with Crippen molar-refractivity contribution >= 4 is 5.78 Å². The smallest absolute Gasteiger partial charge is 0.190 e. The van der Waals surface area contributed by atoms with Crippen molar-refractivity contribution in [1.29, 1.82) is 0 Å². The van der Waals surface area contributed by atoms with E-state index in [2.05, 4.69) is 0 Å². The first-order valence-electron chi connectivity index (χ1n) is 5.04. The maximum absolute atomic E-state index is 11.9. The quantitative estimate of drug-likeness (QED) is 0.692. The van der Waals surface area contributed by atoms with E-state index in [4.69, 9.17) is 9.47 Å². The molecule has 0 amide bonds. The van der Waals surface area contributed by atoms with Crippen molar-refractivity contribution in [1.82, 2.24) is 0 Å². The lowest BCUT2D eigenvalue weighted by Gasteiger charge is -2.21. The van der Waals surface area contributed by atoms with Crippen molar-refractivity contribution < 1.29 is 14.3 Å². The van der Waals surface area contributed by atoms with Crippen LogP contribution in [0.25, 0.3) is 0 Å². The molecule has 80 valence electrons. The zero-order valence-electron chi connectivity index (χ0n) is 9.08. The SMILES string of the molecule is COC(C(=O)C1=COCCC1)C(C)C. The largest absolute Gasteiger partial charge is 0.501 e. The molecule has 0 aromatic rings. The highest BCUT2D eigenvalue weighted by atomic mass is 16.5. The molecule has 0 aromatic heterocycles. The summed E-state index contributed by atoms with van der Waals surface area (Å²) < 4.78 is 10.3. The van der Waals surface area contributed by atoms with Crippen LogP contribution in [-0.4, -0.2) is 25.6 Å². The van der Waals surface area contributed by atoms with Gasteiger partial charge >= 0.3 is 0 Å². The standard InChI is InChI=1S/C11H18O3/c1-8(2)11(13-3)10(12)9-5-4-6-14-7-9/h7-8,11H,4-6H2,1-3H3. The number of ketones is 1. The van der Waals surface area contributed by atoms with Crippen molar-refractivity contribution in [2.75, 3.05) is 13.7 Å². The minimum Gasteiger partial charge on any atom is -0.501 e. The van der Waals surface area contributed by atoms with Gasteiger partial charge in [-0.15, -0.1) is 0 Å². The summed E-state index contributed by atoms with van der Waals surface area (Å²) in [5.74, 6) is 0.275. The molecule has 0 aliphatic carbocycles. The average molecular weight is 198 g/mol. The molecule has 1 aliphatic rings. The fourth-order valence-corrected chi connectivity index (χ4v) is 1.61. The molecule has 0 fully saturated rings. The summed E-state index contributed by atoms with van der Waals surface area (Å²) >= 11 is 0. The van der Waals surface area contributed by atoms with Crippen LogP contribution in [0.5, 0.6) is 0 Å². The van der Waals surface area contributed by atoms with Crippen LogP contribution < -0.4 is 0 Å². The summed E-state index contributed by atoms with van der Waals surface area (Å²) in [5.41, 5.74) is 0.761. The lowest BCUT2D eigenvalue weighted by molar-refractivity contribution is -0.127. The van der Waals surface area contributed by atoms with Gasteiger partial charge in [-0.05, 0) is 18.8 Å². The van der Waals surface area contributed by atoms with Crippen LogP contribution in [0.2, 0.25) is 0 Å². The van der Waals surface area contributed by atoms with E-state index in [9.17, 15) is 4.79 Å². The van der Waals surface area contributed by atoms with Gasteiger partial charge in [0.1, 0.15) is 6.10 Å². The number of hydrogen-bond acceptors (Lipinski definition) is 3. The van der Waals surface area contributed by atoms with Crippen molar-refractivity contribution in [3.63, 3.8) is 0 Å². The summed E-state index contributed by atoms with van der Waals surface area (Å²) in [7, 11) is 1.58. The summed E-state index contributed by atoms with van der Waals surface area (Å²) in [6, 6.07) is 0. The summed E-state index contributed by atoms with van der Waals surface area (Å²) in [6.45, 7) is 4.68. The van der Waals surface area contributed by atoms with E-state index < -0.39 is 0 Å². The molecular formula is C11H18O3. The molecule has 0 aromatic carbocycles. The highest BCUT2D eigenvalue weighted by Crippen LogP contribution is 2.18. The van der Waals surface area contributed by atoms with Crippen LogP contribution in [0.3, 0.4) is 0 Å². The molecule has 3 heteroatoms. The number of rotatable bonds is 4. The fraction of sp³-hybridized carbons (Fsp3) is 0.727. The van der Waals surface area contributed by atoms with Crippen LogP contribution in [0.15, 0.2) is 11.8 Å². The van der Waals surface area contributed by atoms with Gasteiger partial charge in [-0.3, -0.25) is 4.79 Å². The van der Waals surface area contributed by atoms with E-state index in [0.29, 0.717) is 0 Å². The van der Waals surface area contributed by atoms with Crippen molar-refractivity contribution in [2.24, 2.45) is 5.92 Å². The Hall–Kier alpha value is -0.830. The van der Waals surface area contributed by atoms with Crippen molar-refractivity contribution in [3.8, 4) is 0 Å². The highest BCUT2D eigenvalue weighted by Gasteiger charge is 2.25. The van der Waals surface area contributed by atoms with E-state index in [1.807, 2.05) is 13.8 Å². The first-order valence-corrected chi connectivity index (χ1v) is 5.04. The van der Waals surface area contributed by atoms with Crippen LogP contribution in [0.4, 0.5) is 0 Å². The molecule has 1 aliphatic heterocycles. The number of ether oxygens (including phenoxy) is 2. The second-order valence-electron chi connectivity index (χ2n) is 3.88. The Morgan fingerprint density at radius 3 is 2.71 bits per heavy atom. The van der Waals surface area contributed by atoms with Gasteiger partial charge in [0.25, 0.3) is 0 Å². The fourth-order valence-electron chi connectivity index (χ4n) is 1.61. The van der Waals surface area contributed by atoms with Gasteiger partial charge in [-0.25, -0.2) is 0 Å². The Morgan fingerprint density at radius 1 is 1.57 bits per heavy atom. The summed E-state index contributed by atoms with van der Waals surface area (Å²) in [6.07, 6.45) is 2.99. The van der Waals surface area contributed by atoms with Gasteiger partial charge in [0.2, 0.25) is 0 Å². The first-order chi connectivity index (χ1) is 6.66. The predicted molar refractivity (Wildman–Crippen MR) is 53.9 cm³/mol. The van der Waals surface area contributed by atoms with Gasteiger partial charge in [0, 0.05) is 12.7 Å². The van der Waals surface area contributed by atoms with E-state index in [-0.39, 0.29) is 17.8 Å². The second kappa shape index (κ2) is 5.15. The van der Waals surface area contributed by atoms with Gasteiger partial charge in [-0.2, -0.15) is 0 Å². The molecule has 0 radical (unpaired) electrons. The molecule has 0 bridgehead atoms. The Bertz CT molecular complexity index is 231.